The van der Waals surface area contributed by atoms with Gasteiger partial charge < -0.3 is 10.6 Å². The second-order valence-corrected chi connectivity index (χ2v) is 4.21. The molecule has 0 fully saturated rings. The molecule has 6 heteroatoms. The summed E-state index contributed by atoms with van der Waals surface area (Å²) in [6.07, 6.45) is 3.34. The number of aryl methyl sites for hydroxylation is 1. The third-order valence-electron chi connectivity index (χ3n) is 2.62. The molecule has 0 bridgehead atoms. The van der Waals surface area contributed by atoms with E-state index in [1.54, 1.807) is 32.6 Å². The molecule has 18 heavy (non-hydrogen) atoms. The van der Waals surface area contributed by atoms with Gasteiger partial charge in [-0.25, -0.2) is 9.67 Å². The van der Waals surface area contributed by atoms with Crippen LogP contribution < -0.4 is 5.73 Å². The minimum atomic E-state index is -0.153. The van der Waals surface area contributed by atoms with Gasteiger partial charge in [-0.15, -0.1) is 0 Å². The number of hydrogen-bond acceptors (Lipinski definition) is 4. The zero-order valence-corrected chi connectivity index (χ0v) is 10.6. The molecule has 1 amide bonds. The number of carbonyl (C=O) groups is 1. The van der Waals surface area contributed by atoms with Crippen LogP contribution in [-0.2, 0) is 0 Å². The van der Waals surface area contributed by atoms with Gasteiger partial charge in [-0.05, 0) is 24.6 Å². The van der Waals surface area contributed by atoms with Crippen LogP contribution in [0.5, 0.6) is 0 Å². The Morgan fingerprint density at radius 2 is 2.11 bits per heavy atom. The lowest BCUT2D eigenvalue weighted by atomic mass is 10.2. The van der Waals surface area contributed by atoms with E-state index in [4.69, 9.17) is 5.73 Å². The quantitative estimate of drug-likeness (QED) is 0.851. The SMILES string of the molecule is Cc1ccnc(-n2ccc(C(=O)N(C)C)n2)c1N. The average Bonchev–Trinajstić information content (AvgIpc) is 2.80. The first kappa shape index (κ1) is 12.1. The van der Waals surface area contributed by atoms with E-state index in [9.17, 15) is 4.79 Å². The Morgan fingerprint density at radius 3 is 2.78 bits per heavy atom. The monoisotopic (exact) mass is 245 g/mol. The van der Waals surface area contributed by atoms with E-state index in [-0.39, 0.29) is 5.91 Å². The molecule has 2 heterocycles. The Labute approximate surface area is 105 Å². The van der Waals surface area contributed by atoms with Gasteiger partial charge >= 0.3 is 0 Å². The van der Waals surface area contributed by atoms with Gasteiger partial charge in [-0.1, -0.05) is 0 Å². The number of nitrogens with zero attached hydrogens (tertiary/aromatic N) is 4. The van der Waals surface area contributed by atoms with Gasteiger partial charge in [0.1, 0.15) is 0 Å². The fraction of sp³-hybridized carbons (Fsp3) is 0.250. The van der Waals surface area contributed by atoms with E-state index in [0.717, 1.165) is 5.56 Å². The fourth-order valence-electron chi connectivity index (χ4n) is 1.52. The van der Waals surface area contributed by atoms with E-state index < -0.39 is 0 Å². The van der Waals surface area contributed by atoms with Crippen LogP contribution in [0.2, 0.25) is 0 Å². The lowest BCUT2D eigenvalue weighted by Gasteiger charge is -2.08. The molecule has 0 saturated carbocycles. The molecule has 0 aliphatic carbocycles. The van der Waals surface area contributed by atoms with Crippen molar-refractivity contribution < 1.29 is 4.79 Å². The molecule has 0 aliphatic rings. The van der Waals surface area contributed by atoms with Gasteiger partial charge in [-0.3, -0.25) is 4.79 Å². The average molecular weight is 245 g/mol. The number of aromatic nitrogens is 3. The van der Waals surface area contributed by atoms with E-state index in [0.29, 0.717) is 17.2 Å². The van der Waals surface area contributed by atoms with Crippen molar-refractivity contribution in [3.05, 3.63) is 35.8 Å². The predicted molar refractivity (Wildman–Crippen MR) is 68.5 cm³/mol. The van der Waals surface area contributed by atoms with Crippen molar-refractivity contribution in [1.29, 1.82) is 0 Å². The standard InChI is InChI=1S/C12H15N5O/c1-8-4-6-14-11(10(8)13)17-7-5-9(15-17)12(18)16(2)3/h4-7H,13H2,1-3H3. The van der Waals surface area contributed by atoms with Gasteiger partial charge in [0.25, 0.3) is 5.91 Å². The second kappa shape index (κ2) is 4.48. The molecule has 2 aromatic rings. The van der Waals surface area contributed by atoms with Crippen molar-refractivity contribution in [2.75, 3.05) is 19.8 Å². The highest BCUT2D eigenvalue weighted by Crippen LogP contribution is 2.17. The molecule has 0 radical (unpaired) electrons. The van der Waals surface area contributed by atoms with Crippen molar-refractivity contribution in [3.63, 3.8) is 0 Å². The minimum absolute atomic E-state index is 0.153. The van der Waals surface area contributed by atoms with Gasteiger partial charge in [0, 0.05) is 26.5 Å². The van der Waals surface area contributed by atoms with Crippen LogP contribution in [0.4, 0.5) is 5.69 Å². The summed E-state index contributed by atoms with van der Waals surface area (Å²) >= 11 is 0. The normalized spacial score (nSPS) is 10.4. The molecule has 0 unspecified atom stereocenters. The molecule has 0 spiro atoms. The van der Waals surface area contributed by atoms with Crippen molar-refractivity contribution in [3.8, 4) is 5.82 Å². The van der Waals surface area contributed by atoms with Crippen LogP contribution in [0.15, 0.2) is 24.5 Å². The zero-order chi connectivity index (χ0) is 13.3. The first-order chi connectivity index (χ1) is 8.50. The highest BCUT2D eigenvalue weighted by atomic mass is 16.2. The summed E-state index contributed by atoms with van der Waals surface area (Å²) in [6.45, 7) is 1.90. The summed E-state index contributed by atoms with van der Waals surface area (Å²) in [7, 11) is 3.36. The van der Waals surface area contributed by atoms with Gasteiger partial charge in [0.2, 0.25) is 0 Å². The van der Waals surface area contributed by atoms with E-state index >= 15 is 0 Å². The second-order valence-electron chi connectivity index (χ2n) is 4.21. The first-order valence-electron chi connectivity index (χ1n) is 5.49. The summed E-state index contributed by atoms with van der Waals surface area (Å²) in [6, 6.07) is 3.47. The highest BCUT2D eigenvalue weighted by Gasteiger charge is 2.13. The topological polar surface area (TPSA) is 77.0 Å². The Kier molecular flexibility index (Phi) is 3.01. The minimum Gasteiger partial charge on any atom is -0.395 e. The third-order valence-corrected chi connectivity index (χ3v) is 2.62. The molecule has 6 nitrogen and oxygen atoms in total. The number of amides is 1. The van der Waals surface area contributed by atoms with E-state index in [2.05, 4.69) is 10.1 Å². The third kappa shape index (κ3) is 2.04. The van der Waals surface area contributed by atoms with Crippen LogP contribution in [-0.4, -0.2) is 39.7 Å². The summed E-state index contributed by atoms with van der Waals surface area (Å²) in [5, 5.41) is 4.19. The predicted octanol–water partition coefficient (Wildman–Crippen LogP) is 0.860. The smallest absolute Gasteiger partial charge is 0.273 e. The largest absolute Gasteiger partial charge is 0.395 e. The molecule has 2 aromatic heterocycles. The number of nitrogen functional groups attached to an aromatic ring is 1. The molecule has 0 aliphatic heterocycles. The molecule has 2 rings (SSSR count). The first-order valence-corrected chi connectivity index (χ1v) is 5.49. The van der Waals surface area contributed by atoms with Gasteiger partial charge in [-0.2, -0.15) is 5.10 Å². The Hall–Kier alpha value is -2.37. The molecule has 0 aromatic carbocycles. The zero-order valence-electron chi connectivity index (χ0n) is 10.6. The van der Waals surface area contributed by atoms with Crippen LogP contribution in [0, 0.1) is 6.92 Å². The number of pyridine rings is 1. The number of anilines is 1. The van der Waals surface area contributed by atoms with Gasteiger partial charge in [0.05, 0.1) is 5.69 Å². The van der Waals surface area contributed by atoms with E-state index in [1.165, 1.54) is 9.58 Å². The maximum atomic E-state index is 11.7. The molecular formula is C12H15N5O. The molecule has 0 saturated heterocycles. The summed E-state index contributed by atoms with van der Waals surface area (Å²) in [5.74, 6) is 0.382. The maximum absolute atomic E-state index is 11.7. The van der Waals surface area contributed by atoms with Crippen LogP contribution in [0.25, 0.3) is 5.82 Å². The number of hydrogen-bond donors (Lipinski definition) is 1. The molecule has 0 atom stereocenters. The summed E-state index contributed by atoms with van der Waals surface area (Å²) < 4.78 is 1.51. The fourth-order valence-corrected chi connectivity index (χ4v) is 1.52. The Balaban J connectivity index is 2.41. The summed E-state index contributed by atoms with van der Waals surface area (Å²) in [5.41, 5.74) is 7.79. The van der Waals surface area contributed by atoms with Crippen LogP contribution in [0.1, 0.15) is 16.1 Å². The lowest BCUT2D eigenvalue weighted by Crippen LogP contribution is -2.22. The van der Waals surface area contributed by atoms with E-state index in [1.807, 2.05) is 13.0 Å². The van der Waals surface area contributed by atoms with Crippen molar-refractivity contribution in [2.24, 2.45) is 0 Å². The summed E-state index contributed by atoms with van der Waals surface area (Å²) in [4.78, 5) is 17.4. The molecule has 2 N–H and O–H groups in total. The maximum Gasteiger partial charge on any atom is 0.273 e. The number of rotatable bonds is 2. The molecular weight excluding hydrogens is 230 g/mol. The Morgan fingerprint density at radius 1 is 1.39 bits per heavy atom. The number of carbonyl (C=O) groups excluding carboxylic acids is 1. The van der Waals surface area contributed by atoms with Crippen LogP contribution >= 0.6 is 0 Å². The van der Waals surface area contributed by atoms with Crippen molar-refractivity contribution >= 4 is 11.6 Å². The van der Waals surface area contributed by atoms with Crippen molar-refractivity contribution in [1.82, 2.24) is 19.7 Å². The van der Waals surface area contributed by atoms with Crippen molar-refractivity contribution in [2.45, 2.75) is 6.92 Å². The molecule has 94 valence electrons. The van der Waals surface area contributed by atoms with Crippen LogP contribution in [0.3, 0.4) is 0 Å². The highest BCUT2D eigenvalue weighted by molar-refractivity contribution is 5.91. The lowest BCUT2D eigenvalue weighted by molar-refractivity contribution is 0.0821. The number of nitrogens with two attached hydrogens (primary N) is 1. The van der Waals surface area contributed by atoms with Gasteiger partial charge in [0.15, 0.2) is 11.5 Å². The Bertz CT molecular complexity index is 588.